The van der Waals surface area contributed by atoms with Crippen molar-refractivity contribution < 1.29 is 0 Å². The second-order valence-electron chi connectivity index (χ2n) is 3.73. The number of aromatic nitrogens is 1. The van der Waals surface area contributed by atoms with Crippen molar-refractivity contribution >= 4 is 27.5 Å². The zero-order chi connectivity index (χ0) is 9.35. The molecule has 0 saturated carbocycles. The van der Waals surface area contributed by atoms with Crippen LogP contribution in [0, 0.1) is 0 Å². The lowest BCUT2D eigenvalue weighted by Gasteiger charge is -2.21. The number of rotatable bonds is 0. The third-order valence-electron chi connectivity index (χ3n) is 1.60. The molecule has 1 aromatic heterocycles. The van der Waals surface area contributed by atoms with Crippen molar-refractivity contribution in [1.29, 1.82) is 0 Å². The summed E-state index contributed by atoms with van der Waals surface area (Å²) in [6.45, 7) is 6.37. The zero-order valence-corrected chi connectivity index (χ0v) is 9.70. The maximum absolute atomic E-state index is 6.02. The molecule has 0 bridgehead atoms. The topological polar surface area (TPSA) is 12.9 Å². The third-order valence-corrected chi connectivity index (χ3v) is 2.49. The Morgan fingerprint density at radius 1 is 1.33 bits per heavy atom. The fourth-order valence-corrected chi connectivity index (χ4v) is 2.61. The van der Waals surface area contributed by atoms with Crippen molar-refractivity contribution in [2.45, 2.75) is 26.2 Å². The Morgan fingerprint density at radius 2 is 1.92 bits per heavy atom. The van der Waals surface area contributed by atoms with Crippen LogP contribution in [0.5, 0.6) is 0 Å². The highest BCUT2D eigenvalue weighted by Crippen LogP contribution is 2.34. The number of hydrogen-bond donors (Lipinski definition) is 0. The molecule has 0 unspecified atom stereocenters. The van der Waals surface area contributed by atoms with E-state index < -0.39 is 0 Å². The molecular weight excluding hydrogens is 237 g/mol. The van der Waals surface area contributed by atoms with Crippen molar-refractivity contribution in [2.24, 2.45) is 0 Å². The second kappa shape index (κ2) is 3.35. The molecule has 3 heteroatoms. The first-order valence-electron chi connectivity index (χ1n) is 3.72. The molecule has 0 saturated heterocycles. The molecule has 0 atom stereocenters. The van der Waals surface area contributed by atoms with E-state index in [0.717, 1.165) is 15.1 Å². The largest absolute Gasteiger partial charge is 0.262 e. The lowest BCUT2D eigenvalue weighted by Crippen LogP contribution is -2.12. The lowest BCUT2D eigenvalue weighted by atomic mass is 9.88. The van der Waals surface area contributed by atoms with Gasteiger partial charge in [0.25, 0.3) is 0 Å². The Kier molecular flexibility index (Phi) is 2.79. The molecule has 1 rings (SSSR count). The fraction of sp³-hybridized carbons (Fsp3) is 0.444. The summed E-state index contributed by atoms with van der Waals surface area (Å²) < 4.78 is 0.975. The lowest BCUT2D eigenvalue weighted by molar-refractivity contribution is 0.586. The molecule has 0 aliphatic heterocycles. The normalized spacial score (nSPS) is 11.8. The summed E-state index contributed by atoms with van der Waals surface area (Å²) in [5, 5.41) is 0.719. The highest BCUT2D eigenvalue weighted by molar-refractivity contribution is 9.10. The summed E-state index contributed by atoms with van der Waals surface area (Å²) >= 11 is 9.46. The van der Waals surface area contributed by atoms with Crippen molar-refractivity contribution in [3.05, 3.63) is 27.5 Å². The standard InChI is InChI=1S/C9H11BrClN/c1-9(2,3)8-6(10)4-12-5-7(8)11/h4-5H,1-3H3. The van der Waals surface area contributed by atoms with Crippen LogP contribution in [0.1, 0.15) is 26.3 Å². The molecule has 1 nitrogen and oxygen atoms in total. The van der Waals surface area contributed by atoms with Gasteiger partial charge in [-0.05, 0) is 26.9 Å². The van der Waals surface area contributed by atoms with Crippen LogP contribution in [-0.4, -0.2) is 4.98 Å². The Labute approximate surface area is 86.3 Å². The number of nitrogens with zero attached hydrogens (tertiary/aromatic N) is 1. The Balaban J connectivity index is 3.31. The van der Waals surface area contributed by atoms with Gasteiger partial charge in [-0.2, -0.15) is 0 Å². The smallest absolute Gasteiger partial charge is 0.0637 e. The van der Waals surface area contributed by atoms with Crippen LogP contribution in [0.25, 0.3) is 0 Å². The van der Waals surface area contributed by atoms with E-state index in [0.29, 0.717) is 0 Å². The summed E-state index contributed by atoms with van der Waals surface area (Å²) in [5.41, 5.74) is 1.16. The summed E-state index contributed by atoms with van der Waals surface area (Å²) in [7, 11) is 0. The van der Waals surface area contributed by atoms with Crippen molar-refractivity contribution in [3.63, 3.8) is 0 Å². The summed E-state index contributed by atoms with van der Waals surface area (Å²) in [6, 6.07) is 0. The van der Waals surface area contributed by atoms with Crippen LogP contribution < -0.4 is 0 Å². The van der Waals surface area contributed by atoms with Gasteiger partial charge in [-0.15, -0.1) is 0 Å². The molecule has 0 radical (unpaired) electrons. The first kappa shape index (κ1) is 10.0. The second-order valence-corrected chi connectivity index (χ2v) is 4.99. The molecule has 0 fully saturated rings. The van der Waals surface area contributed by atoms with E-state index in [2.05, 4.69) is 41.7 Å². The molecular formula is C9H11BrClN. The van der Waals surface area contributed by atoms with Crippen molar-refractivity contribution in [3.8, 4) is 0 Å². The van der Waals surface area contributed by atoms with Gasteiger partial charge in [0.15, 0.2) is 0 Å². The van der Waals surface area contributed by atoms with E-state index in [-0.39, 0.29) is 5.41 Å². The van der Waals surface area contributed by atoms with E-state index >= 15 is 0 Å². The molecule has 1 aromatic rings. The molecule has 66 valence electrons. The first-order chi connectivity index (χ1) is 5.43. The third kappa shape index (κ3) is 1.99. The van der Waals surface area contributed by atoms with Gasteiger partial charge < -0.3 is 0 Å². The maximum Gasteiger partial charge on any atom is 0.0637 e. The van der Waals surface area contributed by atoms with Crippen LogP contribution in [0.4, 0.5) is 0 Å². The molecule has 0 aliphatic carbocycles. The number of halogens is 2. The van der Waals surface area contributed by atoms with Crippen LogP contribution >= 0.6 is 27.5 Å². The van der Waals surface area contributed by atoms with Crippen molar-refractivity contribution in [1.82, 2.24) is 4.98 Å². The highest BCUT2D eigenvalue weighted by Gasteiger charge is 2.20. The quantitative estimate of drug-likeness (QED) is 0.681. The molecule has 0 amide bonds. The molecule has 0 N–H and O–H groups in total. The van der Waals surface area contributed by atoms with Gasteiger partial charge in [-0.1, -0.05) is 32.4 Å². The maximum atomic E-state index is 6.02. The minimum Gasteiger partial charge on any atom is -0.262 e. The summed E-state index contributed by atoms with van der Waals surface area (Å²) in [6.07, 6.45) is 3.44. The summed E-state index contributed by atoms with van der Waals surface area (Å²) in [5.74, 6) is 0. The van der Waals surface area contributed by atoms with E-state index in [4.69, 9.17) is 11.6 Å². The van der Waals surface area contributed by atoms with E-state index in [1.54, 1.807) is 12.4 Å². The summed E-state index contributed by atoms with van der Waals surface area (Å²) in [4.78, 5) is 3.98. The average molecular weight is 249 g/mol. The van der Waals surface area contributed by atoms with Crippen LogP contribution in [0.15, 0.2) is 16.9 Å². The Morgan fingerprint density at radius 3 is 2.25 bits per heavy atom. The first-order valence-corrected chi connectivity index (χ1v) is 4.89. The predicted octanol–water partition coefficient (Wildman–Crippen LogP) is 3.80. The van der Waals surface area contributed by atoms with E-state index in [1.807, 2.05) is 0 Å². The molecule has 0 spiro atoms. The molecule has 1 heterocycles. The molecule has 0 aliphatic rings. The highest BCUT2D eigenvalue weighted by atomic mass is 79.9. The number of hydrogen-bond acceptors (Lipinski definition) is 1. The fourth-order valence-electron chi connectivity index (χ4n) is 1.13. The Bertz CT molecular complexity index is 271. The van der Waals surface area contributed by atoms with Crippen LogP contribution in [0.2, 0.25) is 5.02 Å². The zero-order valence-electron chi connectivity index (χ0n) is 7.36. The number of pyridine rings is 1. The minimum absolute atomic E-state index is 0.0544. The molecule has 12 heavy (non-hydrogen) atoms. The van der Waals surface area contributed by atoms with Gasteiger partial charge in [0.2, 0.25) is 0 Å². The van der Waals surface area contributed by atoms with Crippen LogP contribution in [0.3, 0.4) is 0 Å². The van der Waals surface area contributed by atoms with Gasteiger partial charge in [0.1, 0.15) is 0 Å². The SMILES string of the molecule is CC(C)(C)c1c(Cl)cncc1Br. The van der Waals surface area contributed by atoms with Crippen molar-refractivity contribution in [2.75, 3.05) is 0 Å². The Hall–Kier alpha value is -0.0800. The van der Waals surface area contributed by atoms with E-state index in [1.165, 1.54) is 0 Å². The predicted molar refractivity (Wildman–Crippen MR) is 55.6 cm³/mol. The van der Waals surface area contributed by atoms with Gasteiger partial charge in [-0.25, -0.2) is 0 Å². The monoisotopic (exact) mass is 247 g/mol. The van der Waals surface area contributed by atoms with Gasteiger partial charge in [0.05, 0.1) is 5.02 Å². The van der Waals surface area contributed by atoms with E-state index in [9.17, 15) is 0 Å². The van der Waals surface area contributed by atoms with Gasteiger partial charge in [-0.3, -0.25) is 4.98 Å². The minimum atomic E-state index is 0.0544. The van der Waals surface area contributed by atoms with Crippen LogP contribution in [-0.2, 0) is 5.41 Å². The molecule has 0 aromatic carbocycles. The van der Waals surface area contributed by atoms with Gasteiger partial charge >= 0.3 is 0 Å². The van der Waals surface area contributed by atoms with Gasteiger partial charge in [0, 0.05) is 16.9 Å². The average Bonchev–Trinajstić information content (AvgIpc) is 1.82.